The number of unbranched alkanes of at least 4 members (excludes halogenated alkanes) is 2. The molecule has 2 aromatic carbocycles. The first-order valence-corrected chi connectivity index (χ1v) is 16.2. The molecule has 1 amide bonds. The van der Waals surface area contributed by atoms with Gasteiger partial charge < -0.3 is 14.4 Å². The van der Waals surface area contributed by atoms with Gasteiger partial charge in [-0.3, -0.25) is 14.5 Å². The maximum Gasteiger partial charge on any atom is 0.308 e. The minimum atomic E-state index is -0.319. The standard InChI is InChI=1S/C37H52N2O4/c1-6-21-38-22-20-37(31-17-13-18-33(23-31)43-29(4)40)25-32(24-35(42-5)34(37)27-38)39(26-28(2)3)36(41)19-12-8-11-16-30-14-9-7-10-15-30/h6-7,9-10,13-15,17-18,23,28,32,34-35H,1,8,11-12,16,19-22,24-27H2,2-5H3/t32-,34+,35?,37+/m1/s1. The number of benzene rings is 2. The Bertz CT molecular complexity index is 1200. The normalized spacial score (nSPS) is 23.9. The number of nitrogens with zero attached hydrogens (tertiary/aromatic N) is 2. The van der Waals surface area contributed by atoms with Gasteiger partial charge in [-0.25, -0.2) is 0 Å². The molecule has 1 saturated carbocycles. The summed E-state index contributed by atoms with van der Waals surface area (Å²) in [7, 11) is 1.82. The third kappa shape index (κ3) is 8.57. The van der Waals surface area contributed by atoms with Gasteiger partial charge in [-0.2, -0.15) is 0 Å². The summed E-state index contributed by atoms with van der Waals surface area (Å²) in [6.45, 7) is 13.3. The molecule has 0 N–H and O–H groups in total. The quantitative estimate of drug-likeness (QED) is 0.105. The number of fused-ring (bicyclic) bond motifs is 1. The first kappa shape index (κ1) is 32.9. The molecule has 2 aromatic rings. The van der Waals surface area contributed by atoms with E-state index in [0.717, 1.165) is 71.1 Å². The van der Waals surface area contributed by atoms with Crippen molar-refractivity contribution in [3.8, 4) is 5.75 Å². The zero-order chi connectivity index (χ0) is 30.8. The average molecular weight is 589 g/mol. The highest BCUT2D eigenvalue weighted by atomic mass is 16.5. The number of rotatable bonds is 14. The smallest absolute Gasteiger partial charge is 0.308 e. The number of carbonyl (C=O) groups excluding carboxylic acids is 2. The van der Waals surface area contributed by atoms with Gasteiger partial charge in [0.2, 0.25) is 5.91 Å². The Balaban J connectivity index is 1.56. The highest BCUT2D eigenvalue weighted by molar-refractivity contribution is 5.76. The molecule has 0 spiro atoms. The maximum absolute atomic E-state index is 13.9. The monoisotopic (exact) mass is 588 g/mol. The number of amides is 1. The summed E-state index contributed by atoms with van der Waals surface area (Å²) in [4.78, 5) is 30.4. The van der Waals surface area contributed by atoms with E-state index in [1.54, 1.807) is 0 Å². The molecule has 1 saturated heterocycles. The van der Waals surface area contributed by atoms with E-state index in [1.165, 1.54) is 18.1 Å². The minimum absolute atomic E-state index is 0.0112. The van der Waals surface area contributed by atoms with Crippen LogP contribution in [0.1, 0.15) is 76.8 Å². The van der Waals surface area contributed by atoms with Crippen LogP contribution >= 0.6 is 0 Å². The van der Waals surface area contributed by atoms with E-state index in [9.17, 15) is 9.59 Å². The summed E-state index contributed by atoms with van der Waals surface area (Å²) in [5, 5.41) is 0. The Morgan fingerprint density at radius 1 is 1.12 bits per heavy atom. The zero-order valence-corrected chi connectivity index (χ0v) is 26.8. The zero-order valence-electron chi connectivity index (χ0n) is 26.8. The van der Waals surface area contributed by atoms with Gasteiger partial charge in [0.05, 0.1) is 6.10 Å². The van der Waals surface area contributed by atoms with E-state index >= 15 is 0 Å². The molecular weight excluding hydrogens is 536 g/mol. The molecule has 0 bridgehead atoms. The first-order valence-electron chi connectivity index (χ1n) is 16.2. The lowest BCUT2D eigenvalue weighted by Crippen LogP contribution is -2.62. The number of piperidine rings is 1. The summed E-state index contributed by atoms with van der Waals surface area (Å²) in [6.07, 6.45) is 9.36. The average Bonchev–Trinajstić information content (AvgIpc) is 2.99. The van der Waals surface area contributed by atoms with Gasteiger partial charge in [0.15, 0.2) is 0 Å². The Kier molecular flexibility index (Phi) is 12.0. The van der Waals surface area contributed by atoms with Crippen molar-refractivity contribution in [1.29, 1.82) is 0 Å². The largest absolute Gasteiger partial charge is 0.427 e. The van der Waals surface area contributed by atoms with Crippen LogP contribution in [0.5, 0.6) is 5.75 Å². The van der Waals surface area contributed by atoms with Gasteiger partial charge in [-0.1, -0.05) is 68.8 Å². The van der Waals surface area contributed by atoms with Crippen molar-refractivity contribution in [3.05, 3.63) is 78.4 Å². The Hall–Kier alpha value is -2.96. The van der Waals surface area contributed by atoms with Gasteiger partial charge in [-0.15, -0.1) is 6.58 Å². The summed E-state index contributed by atoms with van der Waals surface area (Å²) < 4.78 is 11.8. The van der Waals surface area contributed by atoms with Crippen LogP contribution in [-0.4, -0.2) is 67.1 Å². The minimum Gasteiger partial charge on any atom is -0.427 e. The number of hydrogen-bond donors (Lipinski definition) is 0. The summed E-state index contributed by atoms with van der Waals surface area (Å²) in [5.74, 6) is 1.15. The molecule has 0 aromatic heterocycles. The predicted octanol–water partition coefficient (Wildman–Crippen LogP) is 6.82. The van der Waals surface area contributed by atoms with E-state index in [-0.39, 0.29) is 35.4 Å². The Morgan fingerprint density at radius 3 is 2.60 bits per heavy atom. The number of carbonyl (C=O) groups is 2. The number of esters is 1. The lowest BCUT2D eigenvalue weighted by Gasteiger charge is -2.57. The summed E-state index contributed by atoms with van der Waals surface area (Å²) >= 11 is 0. The van der Waals surface area contributed by atoms with E-state index in [4.69, 9.17) is 9.47 Å². The lowest BCUT2D eigenvalue weighted by atomic mass is 9.56. The van der Waals surface area contributed by atoms with Gasteiger partial charge >= 0.3 is 5.97 Å². The molecule has 1 unspecified atom stereocenters. The van der Waals surface area contributed by atoms with Crippen molar-refractivity contribution in [2.75, 3.05) is 33.3 Å². The van der Waals surface area contributed by atoms with Crippen LogP contribution in [0, 0.1) is 11.8 Å². The molecule has 6 heteroatoms. The van der Waals surface area contributed by atoms with Crippen molar-refractivity contribution in [2.24, 2.45) is 11.8 Å². The topological polar surface area (TPSA) is 59.1 Å². The molecule has 43 heavy (non-hydrogen) atoms. The van der Waals surface area contributed by atoms with Crippen LogP contribution in [0.15, 0.2) is 67.3 Å². The van der Waals surface area contributed by atoms with Gasteiger partial charge in [0.1, 0.15) is 5.75 Å². The van der Waals surface area contributed by atoms with Crippen LogP contribution in [-0.2, 0) is 26.2 Å². The summed E-state index contributed by atoms with van der Waals surface area (Å²) in [5.41, 5.74) is 2.35. The number of hydrogen-bond acceptors (Lipinski definition) is 5. The van der Waals surface area contributed by atoms with Gasteiger partial charge in [-0.05, 0) is 74.2 Å². The molecule has 2 aliphatic rings. The molecular formula is C37H52N2O4. The second-order valence-electron chi connectivity index (χ2n) is 13.0. The molecule has 1 aliphatic carbocycles. The van der Waals surface area contributed by atoms with Crippen molar-refractivity contribution in [2.45, 2.75) is 89.7 Å². The molecule has 234 valence electrons. The lowest BCUT2D eigenvalue weighted by molar-refractivity contribution is -0.141. The SMILES string of the molecule is C=CCN1CC[C@@]2(c3cccc(OC(C)=O)c3)C[C@H](N(CC(C)C)C(=O)CCCCCc3ccccc3)CC(OC)[C@@H]2C1. The van der Waals surface area contributed by atoms with Crippen LogP contribution in [0.4, 0.5) is 0 Å². The van der Waals surface area contributed by atoms with E-state index in [2.05, 4.69) is 66.6 Å². The van der Waals surface area contributed by atoms with E-state index in [0.29, 0.717) is 18.1 Å². The van der Waals surface area contributed by atoms with E-state index < -0.39 is 0 Å². The van der Waals surface area contributed by atoms with Crippen molar-refractivity contribution in [3.63, 3.8) is 0 Å². The molecule has 6 nitrogen and oxygen atoms in total. The van der Waals surface area contributed by atoms with Crippen LogP contribution in [0.3, 0.4) is 0 Å². The van der Waals surface area contributed by atoms with Crippen LogP contribution in [0.25, 0.3) is 0 Å². The van der Waals surface area contributed by atoms with Crippen LogP contribution in [0.2, 0.25) is 0 Å². The third-order valence-corrected chi connectivity index (χ3v) is 9.47. The Morgan fingerprint density at radius 2 is 1.91 bits per heavy atom. The highest BCUT2D eigenvalue weighted by Gasteiger charge is 2.53. The molecule has 1 heterocycles. The molecule has 4 atom stereocenters. The molecule has 1 aliphatic heterocycles. The van der Waals surface area contributed by atoms with E-state index in [1.807, 2.05) is 31.4 Å². The fourth-order valence-corrected chi connectivity index (χ4v) is 7.53. The number of aryl methyl sites for hydroxylation is 1. The summed E-state index contributed by atoms with van der Waals surface area (Å²) in [6, 6.07) is 18.8. The number of ether oxygens (including phenoxy) is 2. The highest BCUT2D eigenvalue weighted by Crippen LogP contribution is 2.51. The predicted molar refractivity (Wildman–Crippen MR) is 173 cm³/mol. The second kappa shape index (κ2) is 15.7. The van der Waals surface area contributed by atoms with Gasteiger partial charge in [0, 0.05) is 57.5 Å². The molecule has 0 radical (unpaired) electrons. The number of likely N-dealkylation sites (tertiary alicyclic amines) is 1. The maximum atomic E-state index is 13.9. The number of methoxy groups -OCH3 is 1. The Labute approximate surface area is 259 Å². The molecule has 4 rings (SSSR count). The molecule has 2 fully saturated rings. The fourth-order valence-electron chi connectivity index (χ4n) is 7.53. The third-order valence-electron chi connectivity index (χ3n) is 9.47. The second-order valence-corrected chi connectivity index (χ2v) is 13.0. The van der Waals surface area contributed by atoms with Gasteiger partial charge in [0.25, 0.3) is 0 Å². The van der Waals surface area contributed by atoms with Crippen molar-refractivity contribution >= 4 is 11.9 Å². The van der Waals surface area contributed by atoms with Crippen molar-refractivity contribution in [1.82, 2.24) is 9.80 Å². The first-order chi connectivity index (χ1) is 20.8. The van der Waals surface area contributed by atoms with Crippen molar-refractivity contribution < 1.29 is 19.1 Å². The fraction of sp³-hybridized carbons (Fsp3) is 0.568. The van der Waals surface area contributed by atoms with Crippen LogP contribution < -0.4 is 4.74 Å².